The SMILES string of the molecule is CC(C)NC(=O)[C@@]1(C)CC(c2ccc(F)cc2)=NO1. The predicted molar refractivity (Wildman–Crippen MR) is 70.3 cm³/mol. The average molecular weight is 264 g/mol. The van der Waals surface area contributed by atoms with Crippen molar-refractivity contribution in [1.29, 1.82) is 0 Å². The molecule has 0 unspecified atom stereocenters. The van der Waals surface area contributed by atoms with Gasteiger partial charge in [0.25, 0.3) is 5.91 Å². The van der Waals surface area contributed by atoms with E-state index in [1.165, 1.54) is 12.1 Å². The maximum absolute atomic E-state index is 12.9. The Balaban J connectivity index is 2.09. The minimum atomic E-state index is -0.992. The van der Waals surface area contributed by atoms with Gasteiger partial charge in [0, 0.05) is 12.5 Å². The molecule has 0 saturated carbocycles. The van der Waals surface area contributed by atoms with Crippen LogP contribution >= 0.6 is 0 Å². The zero-order valence-corrected chi connectivity index (χ0v) is 11.2. The number of hydrogen-bond donors (Lipinski definition) is 1. The highest BCUT2D eigenvalue weighted by atomic mass is 19.1. The van der Waals surface area contributed by atoms with E-state index in [4.69, 9.17) is 4.84 Å². The molecule has 0 radical (unpaired) electrons. The van der Waals surface area contributed by atoms with Crippen molar-refractivity contribution < 1.29 is 14.0 Å². The van der Waals surface area contributed by atoms with E-state index in [0.717, 1.165) is 5.56 Å². The van der Waals surface area contributed by atoms with Crippen molar-refractivity contribution >= 4 is 11.6 Å². The molecule has 4 nitrogen and oxygen atoms in total. The first-order valence-electron chi connectivity index (χ1n) is 6.23. The summed E-state index contributed by atoms with van der Waals surface area (Å²) < 4.78 is 12.9. The number of rotatable bonds is 3. The van der Waals surface area contributed by atoms with Crippen molar-refractivity contribution in [3.63, 3.8) is 0 Å². The van der Waals surface area contributed by atoms with Crippen LogP contribution in [0.15, 0.2) is 29.4 Å². The zero-order chi connectivity index (χ0) is 14.0. The summed E-state index contributed by atoms with van der Waals surface area (Å²) in [4.78, 5) is 17.3. The number of hydrogen-bond acceptors (Lipinski definition) is 3. The van der Waals surface area contributed by atoms with E-state index in [9.17, 15) is 9.18 Å². The highest BCUT2D eigenvalue weighted by Crippen LogP contribution is 2.27. The van der Waals surface area contributed by atoms with Gasteiger partial charge in [0.15, 0.2) is 0 Å². The molecule has 1 aliphatic heterocycles. The van der Waals surface area contributed by atoms with Gasteiger partial charge >= 0.3 is 0 Å². The molecule has 0 spiro atoms. The van der Waals surface area contributed by atoms with Gasteiger partial charge in [-0.1, -0.05) is 17.3 Å². The molecule has 0 saturated heterocycles. The minimum absolute atomic E-state index is 0.0443. The lowest BCUT2D eigenvalue weighted by atomic mass is 9.95. The molecule has 19 heavy (non-hydrogen) atoms. The molecule has 1 atom stereocenters. The number of carbonyl (C=O) groups excluding carboxylic acids is 1. The third-order valence-corrected chi connectivity index (χ3v) is 2.94. The molecule has 102 valence electrons. The summed E-state index contributed by atoms with van der Waals surface area (Å²) in [6.07, 6.45) is 0.372. The lowest BCUT2D eigenvalue weighted by molar-refractivity contribution is -0.142. The van der Waals surface area contributed by atoms with Gasteiger partial charge in [0.05, 0.1) is 5.71 Å². The van der Waals surface area contributed by atoms with Gasteiger partial charge in [-0.3, -0.25) is 4.79 Å². The number of halogens is 1. The van der Waals surface area contributed by atoms with Crippen LogP contribution in [0.5, 0.6) is 0 Å². The van der Waals surface area contributed by atoms with Crippen LogP contribution in [0.4, 0.5) is 4.39 Å². The fourth-order valence-electron chi connectivity index (χ4n) is 1.87. The third-order valence-electron chi connectivity index (χ3n) is 2.94. The number of nitrogens with one attached hydrogen (secondary N) is 1. The maximum atomic E-state index is 12.9. The Kier molecular flexibility index (Phi) is 3.55. The van der Waals surface area contributed by atoms with Crippen LogP contribution in [0, 0.1) is 5.82 Å². The number of benzene rings is 1. The number of carbonyl (C=O) groups is 1. The number of oxime groups is 1. The molecule has 0 bridgehead atoms. The second-order valence-corrected chi connectivity index (χ2v) is 5.17. The summed E-state index contributed by atoms with van der Waals surface area (Å²) in [6.45, 7) is 5.47. The van der Waals surface area contributed by atoms with Gasteiger partial charge in [0.2, 0.25) is 5.60 Å². The molecule has 0 fully saturated rings. The van der Waals surface area contributed by atoms with E-state index < -0.39 is 5.60 Å². The van der Waals surface area contributed by atoms with Crippen molar-refractivity contribution in [2.45, 2.75) is 38.8 Å². The summed E-state index contributed by atoms with van der Waals surface area (Å²) in [7, 11) is 0. The first kappa shape index (κ1) is 13.5. The van der Waals surface area contributed by atoms with Crippen molar-refractivity contribution in [2.24, 2.45) is 5.16 Å². The van der Waals surface area contributed by atoms with Crippen molar-refractivity contribution in [3.05, 3.63) is 35.6 Å². The summed E-state index contributed by atoms with van der Waals surface area (Å²) in [5.74, 6) is -0.494. The van der Waals surface area contributed by atoms with E-state index >= 15 is 0 Å². The lowest BCUT2D eigenvalue weighted by Gasteiger charge is -2.21. The minimum Gasteiger partial charge on any atom is -0.379 e. The van der Waals surface area contributed by atoms with Crippen LogP contribution in [0.25, 0.3) is 0 Å². The molecule has 5 heteroatoms. The molecule has 0 aliphatic carbocycles. The van der Waals surface area contributed by atoms with Crippen LogP contribution in [0.1, 0.15) is 32.8 Å². The van der Waals surface area contributed by atoms with Gasteiger partial charge in [-0.25, -0.2) is 4.39 Å². The Labute approximate surface area is 111 Å². The molecule has 1 aromatic rings. The Morgan fingerprint density at radius 1 is 1.42 bits per heavy atom. The number of amides is 1. The van der Waals surface area contributed by atoms with Gasteiger partial charge in [-0.05, 0) is 38.5 Å². The smallest absolute Gasteiger partial charge is 0.267 e. The van der Waals surface area contributed by atoms with Crippen molar-refractivity contribution in [2.75, 3.05) is 0 Å². The van der Waals surface area contributed by atoms with Crippen molar-refractivity contribution in [1.82, 2.24) is 5.32 Å². The Hall–Kier alpha value is -1.91. The molecule has 0 aromatic heterocycles. The van der Waals surface area contributed by atoms with E-state index in [1.54, 1.807) is 19.1 Å². The first-order valence-corrected chi connectivity index (χ1v) is 6.23. The van der Waals surface area contributed by atoms with Crippen molar-refractivity contribution in [3.8, 4) is 0 Å². The van der Waals surface area contributed by atoms with E-state index in [2.05, 4.69) is 10.5 Å². The molecular formula is C14H17FN2O2. The highest BCUT2D eigenvalue weighted by Gasteiger charge is 2.42. The molecule has 1 aliphatic rings. The molecule has 1 aromatic carbocycles. The van der Waals surface area contributed by atoms with Crippen LogP contribution in [-0.4, -0.2) is 23.3 Å². The highest BCUT2D eigenvalue weighted by molar-refractivity contribution is 6.05. The second kappa shape index (κ2) is 4.99. The fourth-order valence-corrected chi connectivity index (χ4v) is 1.87. The van der Waals surface area contributed by atoms with Gasteiger partial charge < -0.3 is 10.2 Å². The lowest BCUT2D eigenvalue weighted by Crippen LogP contribution is -2.47. The Morgan fingerprint density at radius 2 is 2.05 bits per heavy atom. The second-order valence-electron chi connectivity index (χ2n) is 5.17. The summed E-state index contributed by atoms with van der Waals surface area (Å²) in [6, 6.07) is 6.03. The monoisotopic (exact) mass is 264 g/mol. The summed E-state index contributed by atoms with van der Waals surface area (Å²) in [5.41, 5.74) is 0.428. The van der Waals surface area contributed by atoms with E-state index in [-0.39, 0.29) is 17.8 Å². The van der Waals surface area contributed by atoms with Gasteiger partial charge in [0.1, 0.15) is 5.82 Å². The Bertz CT molecular complexity index is 511. The standard InChI is InChI=1S/C14H17FN2O2/c1-9(2)16-13(18)14(3)8-12(17-19-14)10-4-6-11(15)7-5-10/h4-7,9H,8H2,1-3H3,(H,16,18)/t14-/m1/s1. The zero-order valence-electron chi connectivity index (χ0n) is 11.2. The molecule has 1 heterocycles. The van der Waals surface area contributed by atoms with Gasteiger partial charge in [-0.15, -0.1) is 0 Å². The molecular weight excluding hydrogens is 247 g/mol. The first-order chi connectivity index (χ1) is 8.90. The Morgan fingerprint density at radius 3 is 2.63 bits per heavy atom. The fraction of sp³-hybridized carbons (Fsp3) is 0.429. The van der Waals surface area contributed by atoms with Crippen LogP contribution < -0.4 is 5.32 Å². The molecule has 1 amide bonds. The van der Waals surface area contributed by atoms with E-state index in [0.29, 0.717) is 12.1 Å². The summed E-state index contributed by atoms with van der Waals surface area (Å²) >= 11 is 0. The molecule has 1 N–H and O–H groups in total. The average Bonchev–Trinajstić information content (AvgIpc) is 2.73. The van der Waals surface area contributed by atoms with Crippen LogP contribution in [0.2, 0.25) is 0 Å². The topological polar surface area (TPSA) is 50.7 Å². The maximum Gasteiger partial charge on any atom is 0.267 e. The van der Waals surface area contributed by atoms with Gasteiger partial charge in [-0.2, -0.15) is 0 Å². The predicted octanol–water partition coefficient (Wildman–Crippen LogP) is 2.23. The molecule has 2 rings (SSSR count). The normalized spacial score (nSPS) is 22.1. The van der Waals surface area contributed by atoms with E-state index in [1.807, 2.05) is 13.8 Å². The van der Waals surface area contributed by atoms with Crippen LogP contribution in [0.3, 0.4) is 0 Å². The quantitative estimate of drug-likeness (QED) is 0.910. The third kappa shape index (κ3) is 2.92. The number of nitrogens with zero attached hydrogens (tertiary/aromatic N) is 1. The largest absolute Gasteiger partial charge is 0.379 e. The summed E-state index contributed by atoms with van der Waals surface area (Å²) in [5, 5.41) is 6.76. The van der Waals surface area contributed by atoms with Crippen LogP contribution in [-0.2, 0) is 9.63 Å².